The number of nitrogens with one attached hydrogen (secondary N) is 1. The van der Waals surface area contributed by atoms with Gasteiger partial charge in [0.1, 0.15) is 16.5 Å². The zero-order valence-electron chi connectivity index (χ0n) is 18.5. The molecule has 1 N–H and O–H groups in total. The van der Waals surface area contributed by atoms with Gasteiger partial charge in [0.05, 0.1) is 19.4 Å². The third-order valence-electron chi connectivity index (χ3n) is 5.14. The van der Waals surface area contributed by atoms with Crippen molar-refractivity contribution in [2.75, 3.05) is 13.7 Å². The molecule has 0 radical (unpaired) electrons. The molecule has 1 heterocycles. The van der Waals surface area contributed by atoms with E-state index >= 15 is 0 Å². The summed E-state index contributed by atoms with van der Waals surface area (Å²) in [6.07, 6.45) is 1.08. The van der Waals surface area contributed by atoms with Gasteiger partial charge in [0, 0.05) is 29.5 Å². The molecule has 0 aliphatic carbocycles. The number of rotatable bonds is 10. The summed E-state index contributed by atoms with van der Waals surface area (Å²) in [4.78, 5) is 16.9. The van der Waals surface area contributed by atoms with E-state index in [2.05, 4.69) is 35.0 Å². The maximum atomic E-state index is 12.1. The summed E-state index contributed by atoms with van der Waals surface area (Å²) in [5, 5.41) is 6.04. The van der Waals surface area contributed by atoms with Gasteiger partial charge in [-0.15, -0.1) is 11.3 Å². The van der Waals surface area contributed by atoms with Crippen LogP contribution >= 0.6 is 11.3 Å². The average molecular weight is 459 g/mol. The third-order valence-corrected chi connectivity index (χ3v) is 6.03. The normalized spacial score (nSPS) is 10.6. The van der Waals surface area contributed by atoms with Crippen LogP contribution < -0.4 is 14.8 Å². The SMILES string of the molecule is COc1ccc(OCCCC(=O)NCc2ccc(-c3nc(-c4ccccc4)cs3)cc2)cc1. The molecule has 0 saturated carbocycles. The van der Waals surface area contributed by atoms with Gasteiger partial charge in [-0.25, -0.2) is 4.98 Å². The fourth-order valence-electron chi connectivity index (χ4n) is 3.30. The molecule has 6 heteroatoms. The average Bonchev–Trinajstić information content (AvgIpc) is 3.37. The smallest absolute Gasteiger partial charge is 0.220 e. The fraction of sp³-hybridized carbons (Fsp3) is 0.185. The summed E-state index contributed by atoms with van der Waals surface area (Å²) in [5.74, 6) is 1.58. The topological polar surface area (TPSA) is 60.5 Å². The van der Waals surface area contributed by atoms with E-state index in [1.165, 1.54) is 0 Å². The summed E-state index contributed by atoms with van der Waals surface area (Å²) >= 11 is 1.63. The van der Waals surface area contributed by atoms with Crippen LogP contribution in [-0.4, -0.2) is 24.6 Å². The highest BCUT2D eigenvalue weighted by Gasteiger charge is 2.07. The molecule has 4 rings (SSSR count). The van der Waals surface area contributed by atoms with Crippen LogP contribution in [0.5, 0.6) is 11.5 Å². The number of benzene rings is 3. The fourth-order valence-corrected chi connectivity index (χ4v) is 4.13. The Morgan fingerprint density at radius 1 is 0.909 bits per heavy atom. The van der Waals surface area contributed by atoms with E-state index in [4.69, 9.17) is 14.5 Å². The Morgan fingerprint density at radius 3 is 2.36 bits per heavy atom. The number of hydrogen-bond acceptors (Lipinski definition) is 5. The minimum absolute atomic E-state index is 0.0184. The second-order valence-corrected chi connectivity index (χ2v) is 8.36. The van der Waals surface area contributed by atoms with Crippen LogP contribution in [0.1, 0.15) is 18.4 Å². The van der Waals surface area contributed by atoms with Crippen molar-refractivity contribution in [2.24, 2.45) is 0 Å². The molecule has 1 aromatic heterocycles. The van der Waals surface area contributed by atoms with E-state index in [0.29, 0.717) is 26.0 Å². The number of thiazole rings is 1. The van der Waals surface area contributed by atoms with Gasteiger partial charge >= 0.3 is 0 Å². The molecule has 0 atom stereocenters. The van der Waals surface area contributed by atoms with Crippen LogP contribution in [0.15, 0.2) is 84.2 Å². The van der Waals surface area contributed by atoms with Crippen molar-refractivity contribution in [3.63, 3.8) is 0 Å². The molecule has 1 amide bonds. The summed E-state index contributed by atoms with van der Waals surface area (Å²) < 4.78 is 10.8. The second kappa shape index (κ2) is 11.3. The summed E-state index contributed by atoms with van der Waals surface area (Å²) in [6.45, 7) is 0.999. The van der Waals surface area contributed by atoms with Crippen molar-refractivity contribution in [2.45, 2.75) is 19.4 Å². The Morgan fingerprint density at radius 2 is 1.64 bits per heavy atom. The molecule has 0 fully saturated rings. The van der Waals surface area contributed by atoms with Gasteiger partial charge in [0.25, 0.3) is 0 Å². The van der Waals surface area contributed by atoms with Crippen molar-refractivity contribution in [1.82, 2.24) is 10.3 Å². The molecule has 4 aromatic rings. The van der Waals surface area contributed by atoms with E-state index in [1.54, 1.807) is 18.4 Å². The molecule has 5 nitrogen and oxygen atoms in total. The number of methoxy groups -OCH3 is 1. The predicted molar refractivity (Wildman–Crippen MR) is 133 cm³/mol. The summed E-state index contributed by atoms with van der Waals surface area (Å²) in [7, 11) is 1.63. The lowest BCUT2D eigenvalue weighted by Crippen LogP contribution is -2.22. The van der Waals surface area contributed by atoms with Crippen LogP contribution in [-0.2, 0) is 11.3 Å². The molecule has 33 heavy (non-hydrogen) atoms. The number of carbonyl (C=O) groups is 1. The predicted octanol–water partition coefficient (Wildman–Crippen LogP) is 5.96. The lowest BCUT2D eigenvalue weighted by molar-refractivity contribution is -0.121. The van der Waals surface area contributed by atoms with Crippen LogP contribution in [0, 0.1) is 0 Å². The van der Waals surface area contributed by atoms with Crippen molar-refractivity contribution in [3.05, 3.63) is 89.8 Å². The number of amides is 1. The van der Waals surface area contributed by atoms with Crippen LogP contribution in [0.2, 0.25) is 0 Å². The van der Waals surface area contributed by atoms with E-state index in [9.17, 15) is 4.79 Å². The Hall–Kier alpha value is -3.64. The number of aromatic nitrogens is 1. The Balaban J connectivity index is 1.20. The largest absolute Gasteiger partial charge is 0.497 e. The summed E-state index contributed by atoms with van der Waals surface area (Å²) in [5.41, 5.74) is 4.24. The van der Waals surface area contributed by atoms with Gasteiger partial charge in [-0.05, 0) is 36.2 Å². The minimum Gasteiger partial charge on any atom is -0.497 e. The Kier molecular flexibility index (Phi) is 7.72. The second-order valence-electron chi connectivity index (χ2n) is 7.51. The molecule has 0 saturated heterocycles. The van der Waals surface area contributed by atoms with Gasteiger partial charge in [-0.3, -0.25) is 4.79 Å². The van der Waals surface area contributed by atoms with Crippen LogP contribution in [0.25, 0.3) is 21.8 Å². The van der Waals surface area contributed by atoms with Crippen molar-refractivity contribution >= 4 is 17.2 Å². The quantitative estimate of drug-likeness (QED) is 0.298. The van der Waals surface area contributed by atoms with Gasteiger partial charge in [-0.1, -0.05) is 54.6 Å². The van der Waals surface area contributed by atoms with E-state index in [0.717, 1.165) is 38.9 Å². The maximum absolute atomic E-state index is 12.1. The van der Waals surface area contributed by atoms with Gasteiger partial charge < -0.3 is 14.8 Å². The highest BCUT2D eigenvalue weighted by Crippen LogP contribution is 2.29. The molecule has 3 aromatic carbocycles. The molecular weight excluding hydrogens is 432 g/mol. The number of ether oxygens (including phenoxy) is 2. The van der Waals surface area contributed by atoms with Crippen LogP contribution in [0.4, 0.5) is 0 Å². The third kappa shape index (κ3) is 6.43. The zero-order chi connectivity index (χ0) is 22.9. The first-order chi connectivity index (χ1) is 16.2. The molecule has 168 valence electrons. The number of hydrogen-bond donors (Lipinski definition) is 1. The first kappa shape index (κ1) is 22.6. The van der Waals surface area contributed by atoms with E-state index in [1.807, 2.05) is 54.6 Å². The molecule has 0 aliphatic heterocycles. The van der Waals surface area contributed by atoms with Gasteiger partial charge in [-0.2, -0.15) is 0 Å². The molecule has 0 aliphatic rings. The lowest BCUT2D eigenvalue weighted by atomic mass is 10.1. The highest BCUT2D eigenvalue weighted by molar-refractivity contribution is 7.13. The van der Waals surface area contributed by atoms with Crippen molar-refractivity contribution in [3.8, 4) is 33.3 Å². The van der Waals surface area contributed by atoms with Crippen molar-refractivity contribution in [1.29, 1.82) is 0 Å². The Labute approximate surface area is 198 Å². The lowest BCUT2D eigenvalue weighted by Gasteiger charge is -2.08. The summed E-state index contributed by atoms with van der Waals surface area (Å²) in [6, 6.07) is 25.8. The Bertz CT molecular complexity index is 1160. The molecular formula is C27H26N2O3S. The van der Waals surface area contributed by atoms with Crippen molar-refractivity contribution < 1.29 is 14.3 Å². The number of carbonyl (C=O) groups excluding carboxylic acids is 1. The zero-order valence-corrected chi connectivity index (χ0v) is 19.3. The maximum Gasteiger partial charge on any atom is 0.220 e. The standard InChI is InChI=1S/C27H26N2O3S/c1-31-23-13-15-24(16-14-23)32-17-5-8-26(30)28-18-20-9-11-22(12-10-20)27-29-25(19-33-27)21-6-3-2-4-7-21/h2-4,6-7,9-16,19H,5,8,17-18H2,1H3,(H,28,30). The number of nitrogens with zero attached hydrogens (tertiary/aromatic N) is 1. The minimum atomic E-state index is 0.0184. The van der Waals surface area contributed by atoms with Gasteiger partial charge in [0.15, 0.2) is 0 Å². The van der Waals surface area contributed by atoms with Gasteiger partial charge in [0.2, 0.25) is 5.91 Å². The highest BCUT2D eigenvalue weighted by atomic mass is 32.1. The van der Waals surface area contributed by atoms with E-state index in [-0.39, 0.29) is 5.91 Å². The molecule has 0 bridgehead atoms. The van der Waals surface area contributed by atoms with E-state index < -0.39 is 0 Å². The van der Waals surface area contributed by atoms with Crippen LogP contribution in [0.3, 0.4) is 0 Å². The molecule has 0 unspecified atom stereocenters. The first-order valence-electron chi connectivity index (χ1n) is 10.8. The molecule has 0 spiro atoms. The first-order valence-corrected chi connectivity index (χ1v) is 11.7. The monoisotopic (exact) mass is 458 g/mol.